The van der Waals surface area contributed by atoms with Crippen molar-refractivity contribution < 1.29 is 9.53 Å². The Labute approximate surface area is 152 Å². The standard InChI is InChI=1S/C20H20N4O2/c25-19(16-8-3-1-4-9-16)24-20(26-18-11-5-2-6-12-18)22-13-7-10-17-14-21-15-23-17/h1-6,8-9,11-12,14-15H,7,10,13H2,(H,21,23)(H,22,24,25). The first-order valence-corrected chi connectivity index (χ1v) is 8.42. The van der Waals surface area contributed by atoms with Crippen LogP contribution in [-0.2, 0) is 6.42 Å². The van der Waals surface area contributed by atoms with Crippen LogP contribution >= 0.6 is 0 Å². The van der Waals surface area contributed by atoms with E-state index in [2.05, 4.69) is 20.3 Å². The van der Waals surface area contributed by atoms with Crippen LogP contribution in [0.5, 0.6) is 5.75 Å². The predicted molar refractivity (Wildman–Crippen MR) is 100 cm³/mol. The summed E-state index contributed by atoms with van der Waals surface area (Å²) in [4.78, 5) is 23.8. The molecule has 0 saturated carbocycles. The number of nitrogens with one attached hydrogen (secondary N) is 2. The monoisotopic (exact) mass is 348 g/mol. The molecule has 6 nitrogen and oxygen atoms in total. The van der Waals surface area contributed by atoms with Gasteiger partial charge in [-0.25, -0.2) is 9.98 Å². The molecule has 2 N–H and O–H groups in total. The number of amidine groups is 1. The number of ether oxygens (including phenoxy) is 1. The highest BCUT2D eigenvalue weighted by Crippen LogP contribution is 2.09. The van der Waals surface area contributed by atoms with Crippen LogP contribution in [0.4, 0.5) is 0 Å². The molecule has 0 aliphatic carbocycles. The minimum absolute atomic E-state index is 0.190. The van der Waals surface area contributed by atoms with E-state index in [0.717, 1.165) is 18.5 Å². The molecule has 6 heteroatoms. The van der Waals surface area contributed by atoms with Gasteiger partial charge in [0.05, 0.1) is 6.33 Å². The van der Waals surface area contributed by atoms with Gasteiger partial charge in [0.1, 0.15) is 5.75 Å². The molecular weight excluding hydrogens is 328 g/mol. The predicted octanol–water partition coefficient (Wildman–Crippen LogP) is 3.21. The summed E-state index contributed by atoms with van der Waals surface area (Å²) < 4.78 is 5.74. The molecule has 0 atom stereocenters. The van der Waals surface area contributed by atoms with Crippen LogP contribution in [0.1, 0.15) is 22.5 Å². The zero-order chi connectivity index (χ0) is 18.0. The van der Waals surface area contributed by atoms with Crippen LogP contribution in [0, 0.1) is 0 Å². The SMILES string of the molecule is O=C(NC(=NCCCc1cnc[nH]1)Oc1ccccc1)c1ccccc1. The Bertz CT molecular complexity index is 831. The third-order valence-electron chi connectivity index (χ3n) is 3.63. The molecular formula is C20H20N4O2. The molecule has 1 heterocycles. The molecule has 0 unspecified atom stereocenters. The van der Waals surface area contributed by atoms with Gasteiger partial charge in [-0.1, -0.05) is 36.4 Å². The third-order valence-corrected chi connectivity index (χ3v) is 3.63. The average Bonchev–Trinajstić information content (AvgIpc) is 3.20. The van der Waals surface area contributed by atoms with Gasteiger partial charge in [-0.3, -0.25) is 10.1 Å². The molecule has 1 aromatic heterocycles. The summed E-state index contributed by atoms with van der Waals surface area (Å²) in [5, 5.41) is 2.74. The summed E-state index contributed by atoms with van der Waals surface area (Å²) in [6, 6.07) is 18.4. The number of aliphatic imine (C=N–C) groups is 1. The number of aromatic amines is 1. The first kappa shape index (κ1) is 17.4. The van der Waals surface area contributed by atoms with Crippen molar-refractivity contribution >= 4 is 11.9 Å². The van der Waals surface area contributed by atoms with Crippen molar-refractivity contribution in [1.82, 2.24) is 15.3 Å². The largest absolute Gasteiger partial charge is 0.426 e. The van der Waals surface area contributed by atoms with E-state index in [1.165, 1.54) is 0 Å². The van der Waals surface area contributed by atoms with Gasteiger partial charge in [0.15, 0.2) is 0 Å². The van der Waals surface area contributed by atoms with Gasteiger partial charge in [0, 0.05) is 24.0 Å². The summed E-state index contributed by atoms with van der Waals surface area (Å²) in [5.41, 5.74) is 1.60. The Morgan fingerprint density at radius 2 is 1.81 bits per heavy atom. The van der Waals surface area contributed by atoms with E-state index in [-0.39, 0.29) is 11.9 Å². The Morgan fingerprint density at radius 3 is 2.50 bits per heavy atom. The van der Waals surface area contributed by atoms with Crippen molar-refractivity contribution in [3.63, 3.8) is 0 Å². The van der Waals surface area contributed by atoms with Gasteiger partial charge in [-0.05, 0) is 37.1 Å². The second kappa shape index (κ2) is 9.17. The van der Waals surface area contributed by atoms with Gasteiger partial charge >= 0.3 is 0 Å². The lowest BCUT2D eigenvalue weighted by Crippen LogP contribution is -2.34. The van der Waals surface area contributed by atoms with E-state index in [1.807, 2.05) is 48.5 Å². The summed E-state index contributed by atoms with van der Waals surface area (Å²) in [5.74, 6) is 0.363. The zero-order valence-electron chi connectivity index (χ0n) is 14.3. The van der Waals surface area contributed by atoms with Crippen LogP contribution in [0.2, 0.25) is 0 Å². The van der Waals surface area contributed by atoms with E-state index in [1.54, 1.807) is 24.7 Å². The number of benzene rings is 2. The molecule has 0 aliphatic rings. The van der Waals surface area contributed by atoms with E-state index >= 15 is 0 Å². The molecule has 26 heavy (non-hydrogen) atoms. The minimum Gasteiger partial charge on any atom is -0.426 e. The summed E-state index contributed by atoms with van der Waals surface area (Å²) in [6.45, 7) is 0.524. The van der Waals surface area contributed by atoms with Gasteiger partial charge in [-0.15, -0.1) is 0 Å². The summed E-state index contributed by atoms with van der Waals surface area (Å²) in [7, 11) is 0. The van der Waals surface area contributed by atoms with Gasteiger partial charge in [0.2, 0.25) is 0 Å². The molecule has 2 aromatic carbocycles. The molecule has 3 rings (SSSR count). The number of hydrogen-bond acceptors (Lipinski definition) is 4. The first-order valence-electron chi connectivity index (χ1n) is 8.42. The van der Waals surface area contributed by atoms with Crippen molar-refractivity contribution in [1.29, 1.82) is 0 Å². The molecule has 3 aromatic rings. The number of nitrogens with zero attached hydrogens (tertiary/aromatic N) is 2. The number of rotatable bonds is 6. The molecule has 0 aliphatic heterocycles. The maximum atomic E-state index is 12.4. The lowest BCUT2D eigenvalue weighted by atomic mass is 10.2. The topological polar surface area (TPSA) is 79.4 Å². The van der Waals surface area contributed by atoms with Crippen LogP contribution in [0.3, 0.4) is 0 Å². The maximum Gasteiger partial charge on any atom is 0.297 e. The van der Waals surface area contributed by atoms with Crippen LogP contribution in [0.25, 0.3) is 0 Å². The molecule has 0 spiro atoms. The maximum absolute atomic E-state index is 12.4. The number of imidazole rings is 1. The van der Waals surface area contributed by atoms with Crippen LogP contribution in [-0.4, -0.2) is 28.4 Å². The normalized spacial score (nSPS) is 11.2. The van der Waals surface area contributed by atoms with E-state index in [0.29, 0.717) is 17.9 Å². The summed E-state index contributed by atoms with van der Waals surface area (Å²) >= 11 is 0. The second-order valence-electron chi connectivity index (χ2n) is 5.60. The van der Waals surface area contributed by atoms with E-state index in [9.17, 15) is 4.79 Å². The van der Waals surface area contributed by atoms with Crippen molar-refractivity contribution in [2.45, 2.75) is 12.8 Å². The Balaban J connectivity index is 1.64. The lowest BCUT2D eigenvalue weighted by molar-refractivity contribution is 0.0971. The van der Waals surface area contributed by atoms with Crippen LogP contribution < -0.4 is 10.1 Å². The highest BCUT2D eigenvalue weighted by atomic mass is 16.5. The molecule has 132 valence electrons. The number of aromatic nitrogens is 2. The van der Waals surface area contributed by atoms with Gasteiger partial charge in [0.25, 0.3) is 11.9 Å². The van der Waals surface area contributed by atoms with Crippen molar-refractivity contribution in [3.05, 3.63) is 84.4 Å². The smallest absolute Gasteiger partial charge is 0.297 e. The number of carbonyl (C=O) groups excluding carboxylic acids is 1. The molecule has 0 fully saturated rings. The molecule has 0 bridgehead atoms. The van der Waals surface area contributed by atoms with Crippen molar-refractivity contribution in [3.8, 4) is 5.75 Å². The zero-order valence-corrected chi connectivity index (χ0v) is 14.3. The first-order chi connectivity index (χ1) is 12.8. The van der Waals surface area contributed by atoms with Crippen molar-refractivity contribution in [2.75, 3.05) is 6.54 Å². The number of aryl methyl sites for hydroxylation is 1. The van der Waals surface area contributed by atoms with Gasteiger partial charge < -0.3 is 9.72 Å². The molecule has 1 amide bonds. The van der Waals surface area contributed by atoms with Gasteiger partial charge in [-0.2, -0.15) is 0 Å². The molecule has 0 radical (unpaired) electrons. The number of H-pyrrole nitrogens is 1. The highest BCUT2D eigenvalue weighted by Gasteiger charge is 2.10. The number of amides is 1. The number of carbonyl (C=O) groups is 1. The third kappa shape index (κ3) is 5.31. The second-order valence-corrected chi connectivity index (χ2v) is 5.60. The Morgan fingerprint density at radius 1 is 1.08 bits per heavy atom. The van der Waals surface area contributed by atoms with E-state index < -0.39 is 0 Å². The fraction of sp³-hybridized carbons (Fsp3) is 0.150. The number of para-hydroxylation sites is 1. The number of hydrogen-bond donors (Lipinski definition) is 2. The van der Waals surface area contributed by atoms with Crippen LogP contribution in [0.15, 0.2) is 78.2 Å². The van der Waals surface area contributed by atoms with Crippen molar-refractivity contribution in [2.24, 2.45) is 4.99 Å². The quantitative estimate of drug-likeness (QED) is 0.408. The van der Waals surface area contributed by atoms with E-state index in [4.69, 9.17) is 4.74 Å². The average molecular weight is 348 g/mol. The fourth-order valence-electron chi connectivity index (χ4n) is 2.33. The Hall–Kier alpha value is -3.41. The Kier molecular flexibility index (Phi) is 6.14. The summed E-state index contributed by atoms with van der Waals surface area (Å²) in [6.07, 6.45) is 5.09. The minimum atomic E-state index is -0.256. The molecule has 0 saturated heterocycles. The fourth-order valence-corrected chi connectivity index (χ4v) is 2.33. The highest BCUT2D eigenvalue weighted by molar-refractivity contribution is 6.04. The lowest BCUT2D eigenvalue weighted by Gasteiger charge is -2.10.